The lowest BCUT2D eigenvalue weighted by molar-refractivity contribution is -0.129. The molecule has 1 aromatic rings. The van der Waals surface area contributed by atoms with Gasteiger partial charge >= 0.3 is 0 Å². The van der Waals surface area contributed by atoms with E-state index in [1.165, 1.54) is 5.56 Å². The van der Waals surface area contributed by atoms with Crippen LogP contribution in [-0.4, -0.2) is 48.3 Å². The van der Waals surface area contributed by atoms with E-state index >= 15 is 0 Å². The first-order chi connectivity index (χ1) is 10.6. The lowest BCUT2D eigenvalue weighted by Crippen LogP contribution is -2.42. The Kier molecular flexibility index (Phi) is 4.49. The number of amides is 1. The fourth-order valence-corrected chi connectivity index (χ4v) is 3.10. The number of aliphatic hydroxyl groups excluding tert-OH is 1. The highest BCUT2D eigenvalue weighted by atomic mass is 16.6. The fourth-order valence-electron chi connectivity index (χ4n) is 3.10. The fraction of sp³-hybridized carbons (Fsp3) is 0.562. The van der Waals surface area contributed by atoms with Gasteiger partial charge in [0.25, 0.3) is 0 Å². The van der Waals surface area contributed by atoms with Crippen molar-refractivity contribution in [3.05, 3.63) is 23.8 Å². The average Bonchev–Trinajstić information content (AvgIpc) is 2.55. The number of carbonyl (C=O) groups excluding carboxylic acids is 1. The SMILES string of the molecule is NC(=O)C(O)C1CCN(Cc2ccc3c(c2)OCCO3)CC1. The lowest BCUT2D eigenvalue weighted by Gasteiger charge is -2.33. The molecule has 2 aliphatic rings. The number of hydrogen-bond donors (Lipinski definition) is 2. The summed E-state index contributed by atoms with van der Waals surface area (Å²) in [6.07, 6.45) is 0.556. The molecule has 0 radical (unpaired) electrons. The van der Waals surface area contributed by atoms with E-state index in [2.05, 4.69) is 11.0 Å². The van der Waals surface area contributed by atoms with Gasteiger partial charge in [0, 0.05) is 6.54 Å². The van der Waals surface area contributed by atoms with Crippen LogP contribution in [0.4, 0.5) is 0 Å². The van der Waals surface area contributed by atoms with Gasteiger partial charge in [-0.15, -0.1) is 0 Å². The smallest absolute Gasteiger partial charge is 0.246 e. The van der Waals surface area contributed by atoms with E-state index in [4.69, 9.17) is 15.2 Å². The van der Waals surface area contributed by atoms with Crippen LogP contribution in [0.25, 0.3) is 0 Å². The van der Waals surface area contributed by atoms with Gasteiger partial charge in [-0.25, -0.2) is 0 Å². The Labute approximate surface area is 129 Å². The Hall–Kier alpha value is -1.79. The van der Waals surface area contributed by atoms with Crippen LogP contribution in [0.1, 0.15) is 18.4 Å². The number of aliphatic hydroxyl groups is 1. The summed E-state index contributed by atoms with van der Waals surface area (Å²) in [6, 6.07) is 6.03. The minimum absolute atomic E-state index is 0.0194. The Morgan fingerprint density at radius 2 is 1.95 bits per heavy atom. The first-order valence-electron chi connectivity index (χ1n) is 7.72. The summed E-state index contributed by atoms with van der Waals surface area (Å²) < 4.78 is 11.1. The van der Waals surface area contributed by atoms with E-state index in [1.54, 1.807) is 0 Å². The number of piperidine rings is 1. The van der Waals surface area contributed by atoms with Crippen LogP contribution in [0.15, 0.2) is 18.2 Å². The summed E-state index contributed by atoms with van der Waals surface area (Å²) in [5.74, 6) is 0.973. The minimum atomic E-state index is -1.02. The Bertz CT molecular complexity index is 541. The number of benzene rings is 1. The molecule has 0 aromatic heterocycles. The van der Waals surface area contributed by atoms with Gasteiger partial charge in [-0.2, -0.15) is 0 Å². The normalized spacial score (nSPS) is 20.6. The monoisotopic (exact) mass is 306 g/mol. The van der Waals surface area contributed by atoms with E-state index in [-0.39, 0.29) is 5.92 Å². The van der Waals surface area contributed by atoms with E-state index < -0.39 is 12.0 Å². The number of hydrogen-bond acceptors (Lipinski definition) is 5. The van der Waals surface area contributed by atoms with E-state index in [0.717, 1.165) is 44.0 Å². The molecule has 120 valence electrons. The second kappa shape index (κ2) is 6.54. The highest BCUT2D eigenvalue weighted by molar-refractivity contribution is 5.78. The summed E-state index contributed by atoms with van der Waals surface area (Å²) in [5.41, 5.74) is 6.34. The van der Waals surface area contributed by atoms with Crippen molar-refractivity contribution in [1.82, 2.24) is 4.90 Å². The molecule has 0 bridgehead atoms. The van der Waals surface area contributed by atoms with Gasteiger partial charge in [-0.05, 0) is 49.5 Å². The van der Waals surface area contributed by atoms with E-state index in [1.807, 2.05) is 12.1 Å². The van der Waals surface area contributed by atoms with Crippen LogP contribution in [0, 0.1) is 5.92 Å². The zero-order valence-corrected chi connectivity index (χ0v) is 12.5. The van der Waals surface area contributed by atoms with Gasteiger partial charge in [0.1, 0.15) is 19.3 Å². The van der Waals surface area contributed by atoms with Crippen molar-refractivity contribution in [2.45, 2.75) is 25.5 Å². The van der Waals surface area contributed by atoms with E-state index in [9.17, 15) is 9.90 Å². The zero-order valence-electron chi connectivity index (χ0n) is 12.5. The quantitative estimate of drug-likeness (QED) is 0.847. The molecule has 1 atom stereocenters. The van der Waals surface area contributed by atoms with Crippen LogP contribution in [0.3, 0.4) is 0 Å². The van der Waals surface area contributed by atoms with Crippen molar-refractivity contribution in [1.29, 1.82) is 0 Å². The number of primary amides is 1. The molecule has 6 nitrogen and oxygen atoms in total. The van der Waals surface area contributed by atoms with Crippen molar-refractivity contribution in [2.24, 2.45) is 11.7 Å². The van der Waals surface area contributed by atoms with E-state index in [0.29, 0.717) is 13.2 Å². The highest BCUT2D eigenvalue weighted by Gasteiger charge is 2.28. The minimum Gasteiger partial charge on any atom is -0.486 e. The maximum absolute atomic E-state index is 11.0. The lowest BCUT2D eigenvalue weighted by atomic mass is 9.90. The largest absolute Gasteiger partial charge is 0.486 e. The van der Waals surface area contributed by atoms with Gasteiger partial charge < -0.3 is 20.3 Å². The number of carbonyl (C=O) groups is 1. The molecular formula is C16H22N2O4. The van der Waals surface area contributed by atoms with Crippen LogP contribution in [0.2, 0.25) is 0 Å². The maximum atomic E-state index is 11.0. The molecule has 0 saturated carbocycles. The Balaban J connectivity index is 1.55. The number of likely N-dealkylation sites (tertiary alicyclic amines) is 1. The van der Waals surface area contributed by atoms with Crippen molar-refractivity contribution in [2.75, 3.05) is 26.3 Å². The molecule has 1 fully saturated rings. The van der Waals surface area contributed by atoms with Gasteiger partial charge in [-0.1, -0.05) is 6.07 Å². The highest BCUT2D eigenvalue weighted by Crippen LogP contribution is 2.31. The molecule has 6 heteroatoms. The number of fused-ring (bicyclic) bond motifs is 1. The van der Waals surface area contributed by atoms with Gasteiger partial charge in [-0.3, -0.25) is 9.69 Å². The number of rotatable bonds is 4. The van der Waals surface area contributed by atoms with Crippen molar-refractivity contribution in [3.8, 4) is 11.5 Å². The molecule has 1 amide bonds. The van der Waals surface area contributed by atoms with Gasteiger partial charge in [0.2, 0.25) is 5.91 Å². The standard InChI is InChI=1S/C16H22N2O4/c17-16(20)15(19)12-3-5-18(6-4-12)10-11-1-2-13-14(9-11)22-8-7-21-13/h1-2,9,12,15,19H,3-8,10H2,(H2,17,20). The first kappa shape index (κ1) is 15.1. The molecule has 1 unspecified atom stereocenters. The van der Waals surface area contributed by atoms with Crippen LogP contribution in [0.5, 0.6) is 11.5 Å². The summed E-state index contributed by atoms with van der Waals surface area (Å²) in [4.78, 5) is 13.4. The van der Waals surface area contributed by atoms with Gasteiger partial charge in [0.15, 0.2) is 11.5 Å². The molecular weight excluding hydrogens is 284 g/mol. The van der Waals surface area contributed by atoms with Crippen molar-refractivity contribution >= 4 is 5.91 Å². The molecule has 0 spiro atoms. The second-order valence-electron chi connectivity index (χ2n) is 5.94. The van der Waals surface area contributed by atoms with Gasteiger partial charge in [0.05, 0.1) is 0 Å². The third-order valence-electron chi connectivity index (χ3n) is 4.38. The molecule has 22 heavy (non-hydrogen) atoms. The Morgan fingerprint density at radius 1 is 1.27 bits per heavy atom. The first-order valence-corrected chi connectivity index (χ1v) is 7.72. The van der Waals surface area contributed by atoms with Crippen LogP contribution >= 0.6 is 0 Å². The van der Waals surface area contributed by atoms with Crippen molar-refractivity contribution < 1.29 is 19.4 Å². The number of ether oxygens (including phenoxy) is 2. The van der Waals surface area contributed by atoms with Crippen LogP contribution in [-0.2, 0) is 11.3 Å². The Morgan fingerprint density at radius 3 is 2.64 bits per heavy atom. The topological polar surface area (TPSA) is 85.0 Å². The molecule has 1 aromatic carbocycles. The number of nitrogens with zero attached hydrogens (tertiary/aromatic N) is 1. The molecule has 2 heterocycles. The zero-order chi connectivity index (χ0) is 15.5. The predicted octanol–water partition coefficient (Wildman–Crippen LogP) is 0.516. The molecule has 0 aliphatic carbocycles. The third-order valence-corrected chi connectivity index (χ3v) is 4.38. The summed E-state index contributed by atoms with van der Waals surface area (Å²) in [7, 11) is 0. The number of nitrogens with two attached hydrogens (primary N) is 1. The van der Waals surface area contributed by atoms with Crippen LogP contribution < -0.4 is 15.2 Å². The molecule has 2 aliphatic heterocycles. The molecule has 1 saturated heterocycles. The summed E-state index contributed by atoms with van der Waals surface area (Å²) in [5, 5.41) is 9.74. The second-order valence-corrected chi connectivity index (χ2v) is 5.94. The van der Waals surface area contributed by atoms with Crippen molar-refractivity contribution in [3.63, 3.8) is 0 Å². The molecule has 3 N–H and O–H groups in total. The predicted molar refractivity (Wildman–Crippen MR) is 80.6 cm³/mol. The third kappa shape index (κ3) is 3.34. The summed E-state index contributed by atoms with van der Waals surface area (Å²) >= 11 is 0. The maximum Gasteiger partial charge on any atom is 0.246 e. The summed E-state index contributed by atoms with van der Waals surface area (Å²) in [6.45, 7) is 3.72. The average molecular weight is 306 g/mol. The molecule has 3 rings (SSSR count).